The van der Waals surface area contributed by atoms with Crippen LogP contribution in [0.3, 0.4) is 0 Å². The second-order valence-corrected chi connectivity index (χ2v) is 3.65. The first kappa shape index (κ1) is 12.6. The lowest BCUT2D eigenvalue weighted by Gasteiger charge is -2.03. The molecule has 94 valence electrons. The largest absolute Gasteiger partial charge is 0.465 e. The predicted octanol–water partition coefficient (Wildman–Crippen LogP) is 2.96. The third kappa shape index (κ3) is 3.30. The van der Waals surface area contributed by atoms with Crippen molar-refractivity contribution in [3.05, 3.63) is 59.8 Å². The van der Waals surface area contributed by atoms with Gasteiger partial charge >= 0.3 is 0 Å². The number of nitriles is 1. The van der Waals surface area contributed by atoms with E-state index in [1.165, 1.54) is 36.6 Å². The minimum Gasteiger partial charge on any atom is -0.465 e. The van der Waals surface area contributed by atoms with Crippen LogP contribution in [0.15, 0.2) is 52.7 Å². The van der Waals surface area contributed by atoms with Crippen LogP contribution in [0.25, 0.3) is 6.08 Å². The van der Waals surface area contributed by atoms with Crippen LogP contribution in [0, 0.1) is 17.1 Å². The van der Waals surface area contributed by atoms with Gasteiger partial charge in [0.05, 0.1) is 6.26 Å². The molecule has 0 unspecified atom stereocenters. The Labute approximate surface area is 108 Å². The van der Waals surface area contributed by atoms with Crippen LogP contribution in [-0.2, 0) is 4.79 Å². The molecule has 1 aromatic carbocycles. The number of furan rings is 1. The van der Waals surface area contributed by atoms with E-state index in [-0.39, 0.29) is 5.57 Å². The first-order chi connectivity index (χ1) is 9.19. The lowest BCUT2D eigenvalue weighted by atomic mass is 10.2. The Bertz CT molecular complexity index is 637. The number of carbonyl (C=O) groups is 1. The summed E-state index contributed by atoms with van der Waals surface area (Å²) in [4.78, 5) is 11.8. The first-order valence-electron chi connectivity index (χ1n) is 5.41. The number of carbonyl (C=O) groups excluding carboxylic acids is 1. The number of amides is 1. The predicted molar refractivity (Wildman–Crippen MR) is 67.3 cm³/mol. The highest BCUT2D eigenvalue weighted by atomic mass is 19.1. The normalized spacial score (nSPS) is 10.8. The molecule has 1 heterocycles. The van der Waals surface area contributed by atoms with E-state index in [0.717, 1.165) is 0 Å². The van der Waals surface area contributed by atoms with E-state index in [1.807, 2.05) is 0 Å². The molecule has 0 aliphatic carbocycles. The molecule has 0 radical (unpaired) electrons. The van der Waals surface area contributed by atoms with E-state index in [1.54, 1.807) is 18.2 Å². The molecule has 0 atom stereocenters. The van der Waals surface area contributed by atoms with E-state index in [2.05, 4.69) is 5.32 Å². The third-order valence-corrected chi connectivity index (χ3v) is 2.30. The van der Waals surface area contributed by atoms with Crippen LogP contribution in [0.5, 0.6) is 0 Å². The fourth-order valence-corrected chi connectivity index (χ4v) is 1.40. The van der Waals surface area contributed by atoms with Crippen molar-refractivity contribution in [1.82, 2.24) is 0 Å². The van der Waals surface area contributed by atoms with Crippen LogP contribution < -0.4 is 5.32 Å². The average molecular weight is 256 g/mol. The van der Waals surface area contributed by atoms with Gasteiger partial charge in [-0.2, -0.15) is 5.26 Å². The molecule has 4 nitrogen and oxygen atoms in total. The smallest absolute Gasteiger partial charge is 0.266 e. The number of nitrogens with zero attached hydrogens (tertiary/aromatic N) is 1. The Hall–Kier alpha value is -2.87. The second-order valence-electron chi connectivity index (χ2n) is 3.65. The molecule has 19 heavy (non-hydrogen) atoms. The molecule has 1 amide bonds. The van der Waals surface area contributed by atoms with Crippen molar-refractivity contribution in [1.29, 1.82) is 5.26 Å². The molecule has 0 aliphatic rings. The summed E-state index contributed by atoms with van der Waals surface area (Å²) in [6, 6.07) is 10.3. The van der Waals surface area contributed by atoms with Crippen LogP contribution in [0.1, 0.15) is 5.76 Å². The van der Waals surface area contributed by atoms with Gasteiger partial charge in [0.1, 0.15) is 23.2 Å². The molecule has 5 heteroatoms. The highest BCUT2D eigenvalue weighted by Crippen LogP contribution is 2.12. The number of anilines is 1. The average Bonchev–Trinajstić information content (AvgIpc) is 2.91. The maximum atomic E-state index is 12.7. The topological polar surface area (TPSA) is 66.0 Å². The zero-order chi connectivity index (χ0) is 13.7. The van der Waals surface area contributed by atoms with Gasteiger partial charge in [0.25, 0.3) is 5.91 Å². The van der Waals surface area contributed by atoms with E-state index < -0.39 is 11.7 Å². The van der Waals surface area contributed by atoms with Crippen LogP contribution in [-0.4, -0.2) is 5.91 Å². The minimum absolute atomic E-state index is 0.0979. The molecule has 0 spiro atoms. The molecular weight excluding hydrogens is 247 g/mol. The monoisotopic (exact) mass is 256 g/mol. The van der Waals surface area contributed by atoms with Crippen molar-refractivity contribution >= 4 is 17.7 Å². The zero-order valence-corrected chi connectivity index (χ0v) is 9.76. The van der Waals surface area contributed by atoms with Crippen molar-refractivity contribution in [2.24, 2.45) is 0 Å². The van der Waals surface area contributed by atoms with Gasteiger partial charge in [0.2, 0.25) is 0 Å². The van der Waals surface area contributed by atoms with Crippen molar-refractivity contribution in [3.63, 3.8) is 0 Å². The minimum atomic E-state index is -0.578. The molecule has 0 fully saturated rings. The Morgan fingerprint density at radius 2 is 2.05 bits per heavy atom. The summed E-state index contributed by atoms with van der Waals surface area (Å²) in [5.74, 6) is -0.569. The Morgan fingerprint density at radius 1 is 1.32 bits per heavy atom. The van der Waals surface area contributed by atoms with Gasteiger partial charge in [0.15, 0.2) is 0 Å². The van der Waals surface area contributed by atoms with E-state index >= 15 is 0 Å². The maximum Gasteiger partial charge on any atom is 0.266 e. The van der Waals surface area contributed by atoms with Gasteiger partial charge in [-0.3, -0.25) is 4.79 Å². The zero-order valence-electron chi connectivity index (χ0n) is 9.76. The second kappa shape index (κ2) is 5.65. The highest BCUT2D eigenvalue weighted by molar-refractivity contribution is 6.09. The Balaban J connectivity index is 2.14. The molecule has 1 aromatic heterocycles. The summed E-state index contributed by atoms with van der Waals surface area (Å²) in [6.45, 7) is 0. The summed E-state index contributed by atoms with van der Waals surface area (Å²) in [5.41, 5.74) is 0.311. The number of benzene rings is 1. The molecule has 2 rings (SSSR count). The summed E-state index contributed by atoms with van der Waals surface area (Å²) in [5, 5.41) is 11.4. The van der Waals surface area contributed by atoms with Gasteiger partial charge in [-0.05, 0) is 36.4 Å². The van der Waals surface area contributed by atoms with Crippen molar-refractivity contribution in [2.75, 3.05) is 5.32 Å². The number of hydrogen-bond donors (Lipinski definition) is 1. The lowest BCUT2D eigenvalue weighted by molar-refractivity contribution is -0.112. The third-order valence-electron chi connectivity index (χ3n) is 2.30. The Kier molecular flexibility index (Phi) is 3.74. The highest BCUT2D eigenvalue weighted by Gasteiger charge is 2.10. The molecule has 1 N–H and O–H groups in total. The fraction of sp³-hybridized carbons (Fsp3) is 0. The van der Waals surface area contributed by atoms with E-state index in [4.69, 9.17) is 9.68 Å². The molecule has 0 aliphatic heterocycles. The lowest BCUT2D eigenvalue weighted by Crippen LogP contribution is -2.13. The molecule has 2 aromatic rings. The summed E-state index contributed by atoms with van der Waals surface area (Å²) < 4.78 is 17.7. The van der Waals surface area contributed by atoms with E-state index in [0.29, 0.717) is 11.4 Å². The van der Waals surface area contributed by atoms with Crippen LogP contribution in [0.2, 0.25) is 0 Å². The summed E-state index contributed by atoms with van der Waals surface area (Å²) in [6.07, 6.45) is 2.78. The SMILES string of the molecule is N#CC(=Cc1ccco1)C(=O)Nc1ccc(F)cc1. The van der Waals surface area contributed by atoms with Crippen molar-refractivity contribution < 1.29 is 13.6 Å². The van der Waals surface area contributed by atoms with Gasteiger partial charge < -0.3 is 9.73 Å². The molecule has 0 bridgehead atoms. The number of hydrogen-bond acceptors (Lipinski definition) is 3. The molecular formula is C14H9FN2O2. The van der Waals surface area contributed by atoms with Gasteiger partial charge in [-0.15, -0.1) is 0 Å². The molecule has 0 saturated carbocycles. The summed E-state index contributed by atoms with van der Waals surface area (Å²) >= 11 is 0. The van der Waals surface area contributed by atoms with Crippen LogP contribution in [0.4, 0.5) is 10.1 Å². The van der Waals surface area contributed by atoms with E-state index in [9.17, 15) is 9.18 Å². The van der Waals surface area contributed by atoms with Gasteiger partial charge in [-0.1, -0.05) is 0 Å². The van der Waals surface area contributed by atoms with Gasteiger partial charge in [0, 0.05) is 11.8 Å². The first-order valence-corrected chi connectivity index (χ1v) is 5.41. The number of nitrogens with one attached hydrogen (secondary N) is 1. The van der Waals surface area contributed by atoms with Crippen molar-refractivity contribution in [3.8, 4) is 6.07 Å². The summed E-state index contributed by atoms with van der Waals surface area (Å²) in [7, 11) is 0. The fourth-order valence-electron chi connectivity index (χ4n) is 1.40. The number of halogens is 1. The quantitative estimate of drug-likeness (QED) is 0.678. The standard InChI is InChI=1S/C14H9FN2O2/c15-11-3-5-12(6-4-11)17-14(18)10(9-16)8-13-2-1-7-19-13/h1-8H,(H,17,18). The van der Waals surface area contributed by atoms with Crippen LogP contribution >= 0.6 is 0 Å². The van der Waals surface area contributed by atoms with Crippen molar-refractivity contribution in [2.45, 2.75) is 0 Å². The number of rotatable bonds is 3. The molecule has 0 saturated heterocycles. The Morgan fingerprint density at radius 3 is 2.63 bits per heavy atom. The maximum absolute atomic E-state index is 12.7. The van der Waals surface area contributed by atoms with Gasteiger partial charge in [-0.25, -0.2) is 4.39 Å².